The standard InChI is InChI=1S/C31H52O6/c1-3-5-7-9-11-13-14-16-18-20-22-26-31(35,27-23-24-28-32)30(34)37-36-29(33)25-21-19-17-15-12-10-8-6-4-2/h32,35H,3-22,25-26H2,1-2H3. The molecule has 0 rings (SSSR count). The van der Waals surface area contributed by atoms with Gasteiger partial charge in [-0.2, -0.15) is 0 Å². The van der Waals surface area contributed by atoms with Gasteiger partial charge in [0.1, 0.15) is 6.11 Å². The summed E-state index contributed by atoms with van der Waals surface area (Å²) in [7, 11) is 0. The van der Waals surface area contributed by atoms with Crippen molar-refractivity contribution in [3.05, 3.63) is 0 Å². The van der Waals surface area contributed by atoms with E-state index in [1.54, 1.807) is 6.11 Å². The van der Waals surface area contributed by atoms with Crippen molar-refractivity contribution in [2.45, 2.75) is 161 Å². The highest BCUT2D eigenvalue weighted by molar-refractivity contribution is 5.84. The molecule has 0 fully saturated rings. The molecule has 0 aliphatic heterocycles. The van der Waals surface area contributed by atoms with E-state index in [-0.39, 0.29) is 12.8 Å². The lowest BCUT2D eigenvalue weighted by molar-refractivity contribution is -0.268. The summed E-state index contributed by atoms with van der Waals surface area (Å²) in [4.78, 5) is 33.6. The quantitative estimate of drug-likeness (QED) is 0.0621. The Morgan fingerprint density at radius 3 is 1.51 bits per heavy atom. The molecule has 0 saturated heterocycles. The van der Waals surface area contributed by atoms with Gasteiger partial charge in [0.25, 0.3) is 0 Å². The predicted molar refractivity (Wildman–Crippen MR) is 148 cm³/mol. The third-order valence-corrected chi connectivity index (χ3v) is 6.56. The van der Waals surface area contributed by atoms with E-state index in [4.69, 9.17) is 5.11 Å². The fourth-order valence-corrected chi connectivity index (χ4v) is 4.20. The van der Waals surface area contributed by atoms with E-state index in [0.717, 1.165) is 38.5 Å². The van der Waals surface area contributed by atoms with E-state index >= 15 is 0 Å². The molecule has 0 spiro atoms. The molecule has 1 atom stereocenters. The second-order valence-corrected chi connectivity index (χ2v) is 10.0. The number of rotatable bonds is 23. The second-order valence-electron chi connectivity index (χ2n) is 10.0. The molecule has 2 N–H and O–H groups in total. The first-order valence-electron chi connectivity index (χ1n) is 14.8. The number of carbonyl (C=O) groups is 2. The number of unbranched alkanes of at least 4 members (excludes halogenated alkanes) is 18. The minimum absolute atomic E-state index is 0.0404. The lowest BCUT2D eigenvalue weighted by Gasteiger charge is -2.18. The smallest absolute Gasteiger partial charge is 0.399 e. The largest absolute Gasteiger partial charge is 0.461 e. The van der Waals surface area contributed by atoms with Gasteiger partial charge in [0.05, 0.1) is 6.42 Å². The van der Waals surface area contributed by atoms with Gasteiger partial charge in [-0.1, -0.05) is 129 Å². The van der Waals surface area contributed by atoms with Crippen LogP contribution in [0, 0.1) is 23.9 Å². The van der Waals surface area contributed by atoms with Crippen LogP contribution in [-0.2, 0) is 19.4 Å². The maximum atomic E-state index is 12.4. The van der Waals surface area contributed by atoms with Crippen LogP contribution in [0.4, 0.5) is 0 Å². The number of hydrogen-bond donors (Lipinski definition) is 2. The minimum Gasteiger partial charge on any atom is -0.461 e. The molecule has 0 radical (unpaired) electrons. The lowest BCUT2D eigenvalue weighted by Crippen LogP contribution is -2.39. The zero-order valence-electron chi connectivity index (χ0n) is 23.6. The normalized spacial score (nSPS) is 12.0. The van der Waals surface area contributed by atoms with Gasteiger partial charge in [-0.15, -0.1) is 0 Å². The van der Waals surface area contributed by atoms with Gasteiger partial charge in [-0.3, -0.25) is 0 Å². The zero-order chi connectivity index (χ0) is 27.5. The monoisotopic (exact) mass is 520 g/mol. The van der Waals surface area contributed by atoms with E-state index in [2.05, 4.69) is 41.4 Å². The first kappa shape index (κ1) is 34.8. The maximum absolute atomic E-state index is 12.4. The molecule has 0 aliphatic rings. The third-order valence-electron chi connectivity index (χ3n) is 6.56. The molecular weight excluding hydrogens is 468 g/mol. The van der Waals surface area contributed by atoms with Crippen molar-refractivity contribution in [3.8, 4) is 23.9 Å². The molecule has 0 bridgehead atoms. The zero-order valence-corrected chi connectivity index (χ0v) is 23.6. The predicted octanol–water partition coefficient (Wildman–Crippen LogP) is 7.68. The van der Waals surface area contributed by atoms with Crippen molar-refractivity contribution < 1.29 is 29.6 Å². The Kier molecular flexibility index (Phi) is 24.0. The summed E-state index contributed by atoms with van der Waals surface area (Å²) in [5, 5.41) is 19.3. The average molecular weight is 521 g/mol. The molecular formula is C31H52O6. The van der Waals surface area contributed by atoms with Gasteiger partial charge in [0, 0.05) is 5.92 Å². The summed E-state index contributed by atoms with van der Waals surface area (Å²) >= 11 is 0. The van der Waals surface area contributed by atoms with Crippen LogP contribution < -0.4 is 0 Å². The molecule has 0 aromatic heterocycles. The number of hydrogen-bond acceptors (Lipinski definition) is 6. The van der Waals surface area contributed by atoms with Crippen molar-refractivity contribution in [2.75, 3.05) is 0 Å². The van der Waals surface area contributed by atoms with Gasteiger partial charge < -0.3 is 10.2 Å². The van der Waals surface area contributed by atoms with Crippen LogP contribution in [-0.4, -0.2) is 27.8 Å². The van der Waals surface area contributed by atoms with Crippen LogP contribution in [0.2, 0.25) is 0 Å². The van der Waals surface area contributed by atoms with Crippen molar-refractivity contribution >= 4 is 11.9 Å². The highest BCUT2D eigenvalue weighted by Gasteiger charge is 2.37. The molecule has 0 amide bonds. The Labute approximate surface area is 226 Å². The minimum atomic E-state index is -2.14. The summed E-state index contributed by atoms with van der Waals surface area (Å²) in [5.41, 5.74) is -2.14. The second kappa shape index (κ2) is 25.5. The summed E-state index contributed by atoms with van der Waals surface area (Å²) in [6.07, 6.45) is 24.4. The average Bonchev–Trinajstić information content (AvgIpc) is 2.89. The van der Waals surface area contributed by atoms with E-state index in [1.165, 1.54) is 77.0 Å². The van der Waals surface area contributed by atoms with E-state index in [1.807, 2.05) is 0 Å². The molecule has 0 aromatic rings. The molecule has 0 saturated carbocycles. The third kappa shape index (κ3) is 21.6. The SMILES string of the molecule is CCCCCCCCCCCCCC(O)(C#CC#CO)C(=O)OOC(=O)CCCCCCCCCCC. The highest BCUT2D eigenvalue weighted by Crippen LogP contribution is 2.19. The molecule has 0 aliphatic carbocycles. The fraction of sp³-hybridized carbons (Fsp3) is 0.806. The Balaban J connectivity index is 4.19. The van der Waals surface area contributed by atoms with Gasteiger partial charge >= 0.3 is 11.9 Å². The molecule has 1 unspecified atom stereocenters. The van der Waals surface area contributed by atoms with E-state index in [9.17, 15) is 14.7 Å². The highest BCUT2D eigenvalue weighted by atomic mass is 17.2. The van der Waals surface area contributed by atoms with Crippen molar-refractivity contribution in [2.24, 2.45) is 0 Å². The van der Waals surface area contributed by atoms with Crippen molar-refractivity contribution in [3.63, 3.8) is 0 Å². The van der Waals surface area contributed by atoms with E-state index in [0.29, 0.717) is 12.8 Å². The molecule has 37 heavy (non-hydrogen) atoms. The Bertz CT molecular complexity index is 696. The molecule has 0 aromatic carbocycles. The molecule has 0 heterocycles. The summed E-state index contributed by atoms with van der Waals surface area (Å²) in [6, 6.07) is 0. The fourth-order valence-electron chi connectivity index (χ4n) is 4.20. The summed E-state index contributed by atoms with van der Waals surface area (Å²) in [5.74, 6) is 4.92. The lowest BCUT2D eigenvalue weighted by atomic mass is 9.96. The number of carbonyl (C=O) groups excluding carboxylic acids is 2. The van der Waals surface area contributed by atoms with Gasteiger partial charge in [0.15, 0.2) is 0 Å². The summed E-state index contributed by atoms with van der Waals surface area (Å²) < 4.78 is 0. The van der Waals surface area contributed by atoms with Crippen LogP contribution in [0.1, 0.15) is 155 Å². The van der Waals surface area contributed by atoms with Crippen LogP contribution >= 0.6 is 0 Å². The van der Waals surface area contributed by atoms with E-state index < -0.39 is 17.5 Å². The van der Waals surface area contributed by atoms with Crippen LogP contribution in [0.5, 0.6) is 0 Å². The van der Waals surface area contributed by atoms with Gasteiger partial charge in [0.2, 0.25) is 5.60 Å². The summed E-state index contributed by atoms with van der Waals surface area (Å²) in [6.45, 7) is 4.42. The van der Waals surface area contributed by atoms with Crippen LogP contribution in [0.3, 0.4) is 0 Å². The topological polar surface area (TPSA) is 93.1 Å². The Hall–Kier alpha value is -2.18. The first-order valence-corrected chi connectivity index (χ1v) is 14.8. The molecule has 6 heteroatoms. The van der Waals surface area contributed by atoms with Crippen LogP contribution in [0.15, 0.2) is 0 Å². The molecule has 6 nitrogen and oxygen atoms in total. The Morgan fingerprint density at radius 1 is 0.622 bits per heavy atom. The Morgan fingerprint density at radius 2 is 1.05 bits per heavy atom. The first-order chi connectivity index (χ1) is 18.0. The molecule has 212 valence electrons. The van der Waals surface area contributed by atoms with Gasteiger partial charge in [-0.05, 0) is 31.1 Å². The van der Waals surface area contributed by atoms with Gasteiger partial charge in [-0.25, -0.2) is 19.4 Å². The van der Waals surface area contributed by atoms with Crippen LogP contribution in [0.25, 0.3) is 0 Å². The number of aliphatic hydroxyl groups is 2. The van der Waals surface area contributed by atoms with Crippen molar-refractivity contribution in [1.82, 2.24) is 0 Å². The van der Waals surface area contributed by atoms with Crippen molar-refractivity contribution in [1.29, 1.82) is 0 Å². The maximum Gasteiger partial charge on any atom is 0.399 e. The number of aliphatic hydroxyl groups excluding tert-OH is 1.